The van der Waals surface area contributed by atoms with Crippen molar-refractivity contribution in [1.29, 1.82) is 0 Å². The van der Waals surface area contributed by atoms with Gasteiger partial charge in [-0.2, -0.15) is 5.10 Å². The molecule has 0 saturated heterocycles. The van der Waals surface area contributed by atoms with Gasteiger partial charge in [-0.3, -0.25) is 9.48 Å². The topological polar surface area (TPSA) is 44.1 Å². The molecule has 0 aliphatic heterocycles. The number of nitrogens with zero attached hydrogens (tertiary/aromatic N) is 2. The molecule has 1 rings (SSSR count). The second kappa shape index (κ2) is 8.20. The summed E-state index contributed by atoms with van der Waals surface area (Å²) in [5.74, 6) is 1.03. The van der Waals surface area contributed by atoms with Crippen molar-refractivity contribution in [2.75, 3.05) is 6.61 Å². The number of carbonyl (C=O) groups is 1. The summed E-state index contributed by atoms with van der Waals surface area (Å²) in [5.41, 5.74) is 3.40. The van der Waals surface area contributed by atoms with Crippen LogP contribution in [0.15, 0.2) is 0 Å². The molecule has 4 heteroatoms. The molecule has 0 saturated carbocycles. The van der Waals surface area contributed by atoms with Crippen LogP contribution in [-0.2, 0) is 22.5 Å². The van der Waals surface area contributed by atoms with E-state index >= 15 is 0 Å². The van der Waals surface area contributed by atoms with E-state index < -0.39 is 0 Å². The maximum absolute atomic E-state index is 11.8. The van der Waals surface area contributed by atoms with Crippen LogP contribution in [0.25, 0.3) is 0 Å². The van der Waals surface area contributed by atoms with Crippen LogP contribution in [0.3, 0.4) is 0 Å². The summed E-state index contributed by atoms with van der Waals surface area (Å²) in [4.78, 5) is 11.8. The van der Waals surface area contributed by atoms with Crippen molar-refractivity contribution < 1.29 is 9.53 Å². The van der Waals surface area contributed by atoms with Crippen molar-refractivity contribution in [1.82, 2.24) is 9.78 Å². The molecule has 0 N–H and O–H groups in total. The lowest BCUT2D eigenvalue weighted by atomic mass is 10.1. The minimum Gasteiger partial charge on any atom is -0.466 e. The molecule has 0 amide bonds. The molecule has 0 fully saturated rings. The standard InChI is InChI=1S/C17H30N2O2/c1-12(2)9-10-21-17(20)8-7-16-14(5)18-19(15(16)6)11-13(3)4/h12-13H,7-11H2,1-6H3. The van der Waals surface area contributed by atoms with Crippen LogP contribution >= 0.6 is 0 Å². The number of aryl methyl sites for hydroxylation is 1. The molecule has 0 spiro atoms. The van der Waals surface area contributed by atoms with Gasteiger partial charge in [0.25, 0.3) is 0 Å². The number of esters is 1. The zero-order valence-corrected chi connectivity index (χ0v) is 14.4. The molecule has 0 aliphatic carbocycles. The summed E-state index contributed by atoms with van der Waals surface area (Å²) < 4.78 is 7.31. The van der Waals surface area contributed by atoms with Crippen LogP contribution in [0.4, 0.5) is 0 Å². The molecule has 0 aliphatic rings. The quantitative estimate of drug-likeness (QED) is 0.687. The predicted octanol–water partition coefficient (Wildman–Crippen LogP) is 3.68. The summed E-state index contributed by atoms with van der Waals surface area (Å²) in [5, 5.41) is 4.58. The average Bonchev–Trinajstić information content (AvgIpc) is 2.61. The van der Waals surface area contributed by atoms with Gasteiger partial charge in [0, 0.05) is 18.7 Å². The first-order valence-electron chi connectivity index (χ1n) is 7.99. The van der Waals surface area contributed by atoms with Gasteiger partial charge in [0.15, 0.2) is 0 Å². The Morgan fingerprint density at radius 2 is 1.86 bits per heavy atom. The largest absolute Gasteiger partial charge is 0.466 e. The highest BCUT2D eigenvalue weighted by molar-refractivity contribution is 5.69. The number of hydrogen-bond acceptors (Lipinski definition) is 3. The lowest BCUT2D eigenvalue weighted by molar-refractivity contribution is -0.143. The van der Waals surface area contributed by atoms with E-state index in [-0.39, 0.29) is 5.97 Å². The summed E-state index contributed by atoms with van der Waals surface area (Å²) >= 11 is 0. The van der Waals surface area contributed by atoms with Gasteiger partial charge in [0.2, 0.25) is 0 Å². The van der Waals surface area contributed by atoms with Gasteiger partial charge in [0.05, 0.1) is 12.3 Å². The Bertz CT molecular complexity index is 462. The minimum absolute atomic E-state index is 0.106. The van der Waals surface area contributed by atoms with Crippen molar-refractivity contribution in [2.24, 2.45) is 11.8 Å². The van der Waals surface area contributed by atoms with Gasteiger partial charge in [-0.25, -0.2) is 0 Å². The zero-order chi connectivity index (χ0) is 16.0. The smallest absolute Gasteiger partial charge is 0.306 e. The molecule has 0 atom stereocenters. The van der Waals surface area contributed by atoms with E-state index in [4.69, 9.17) is 4.74 Å². The van der Waals surface area contributed by atoms with E-state index in [2.05, 4.69) is 44.4 Å². The summed E-state index contributed by atoms with van der Waals surface area (Å²) in [6.07, 6.45) is 2.08. The van der Waals surface area contributed by atoms with Gasteiger partial charge in [-0.15, -0.1) is 0 Å². The minimum atomic E-state index is -0.106. The van der Waals surface area contributed by atoms with Crippen LogP contribution in [0.2, 0.25) is 0 Å². The second-order valence-electron chi connectivity index (χ2n) is 6.63. The fraction of sp³-hybridized carbons (Fsp3) is 0.765. The highest BCUT2D eigenvalue weighted by atomic mass is 16.5. The maximum atomic E-state index is 11.8. The Balaban J connectivity index is 2.51. The molecular formula is C17H30N2O2. The fourth-order valence-corrected chi connectivity index (χ4v) is 2.33. The van der Waals surface area contributed by atoms with E-state index in [0.29, 0.717) is 24.9 Å². The van der Waals surface area contributed by atoms with Crippen LogP contribution in [0, 0.1) is 25.7 Å². The SMILES string of the molecule is Cc1nn(CC(C)C)c(C)c1CCC(=O)OCCC(C)C. The molecule has 0 unspecified atom stereocenters. The fourth-order valence-electron chi connectivity index (χ4n) is 2.33. The van der Waals surface area contributed by atoms with Crippen molar-refractivity contribution in [2.45, 2.75) is 67.3 Å². The van der Waals surface area contributed by atoms with E-state index in [1.807, 2.05) is 6.92 Å². The summed E-state index contributed by atoms with van der Waals surface area (Å²) in [7, 11) is 0. The Labute approximate surface area is 128 Å². The van der Waals surface area contributed by atoms with Crippen molar-refractivity contribution in [3.05, 3.63) is 17.0 Å². The number of ether oxygens (including phenoxy) is 1. The second-order valence-corrected chi connectivity index (χ2v) is 6.63. The lowest BCUT2D eigenvalue weighted by Crippen LogP contribution is -2.10. The Kier molecular flexibility index (Phi) is 6.93. The van der Waals surface area contributed by atoms with Gasteiger partial charge in [-0.05, 0) is 44.1 Å². The molecule has 0 bridgehead atoms. The molecule has 0 radical (unpaired) electrons. The van der Waals surface area contributed by atoms with Crippen molar-refractivity contribution in [3.63, 3.8) is 0 Å². The third kappa shape index (κ3) is 5.90. The van der Waals surface area contributed by atoms with Crippen LogP contribution in [-0.4, -0.2) is 22.4 Å². The monoisotopic (exact) mass is 294 g/mol. The molecule has 120 valence electrons. The maximum Gasteiger partial charge on any atom is 0.306 e. The molecule has 21 heavy (non-hydrogen) atoms. The lowest BCUT2D eigenvalue weighted by Gasteiger charge is -2.08. The van der Waals surface area contributed by atoms with Gasteiger partial charge in [0.1, 0.15) is 0 Å². The van der Waals surface area contributed by atoms with Crippen molar-refractivity contribution >= 4 is 5.97 Å². The third-order valence-corrected chi connectivity index (χ3v) is 3.61. The number of rotatable bonds is 8. The summed E-state index contributed by atoms with van der Waals surface area (Å²) in [6, 6.07) is 0. The zero-order valence-electron chi connectivity index (χ0n) is 14.4. The van der Waals surface area contributed by atoms with E-state index in [1.54, 1.807) is 0 Å². The Morgan fingerprint density at radius 3 is 2.43 bits per heavy atom. The van der Waals surface area contributed by atoms with E-state index in [0.717, 1.165) is 25.1 Å². The van der Waals surface area contributed by atoms with Crippen LogP contribution in [0.5, 0.6) is 0 Å². The molecule has 1 heterocycles. The predicted molar refractivity (Wildman–Crippen MR) is 85.3 cm³/mol. The molecule has 0 aromatic carbocycles. The first-order valence-corrected chi connectivity index (χ1v) is 7.99. The first kappa shape index (κ1) is 17.7. The molecule has 1 aromatic heterocycles. The number of carbonyl (C=O) groups excluding carboxylic acids is 1. The van der Waals surface area contributed by atoms with E-state index in [1.165, 1.54) is 11.3 Å². The first-order chi connectivity index (χ1) is 9.81. The van der Waals surface area contributed by atoms with Crippen molar-refractivity contribution in [3.8, 4) is 0 Å². The third-order valence-electron chi connectivity index (χ3n) is 3.61. The highest BCUT2D eigenvalue weighted by Crippen LogP contribution is 2.16. The van der Waals surface area contributed by atoms with E-state index in [9.17, 15) is 4.79 Å². The normalized spacial score (nSPS) is 11.4. The average molecular weight is 294 g/mol. The number of hydrogen-bond donors (Lipinski definition) is 0. The van der Waals surface area contributed by atoms with Gasteiger partial charge in [-0.1, -0.05) is 27.7 Å². The van der Waals surface area contributed by atoms with Crippen LogP contribution < -0.4 is 0 Å². The molecular weight excluding hydrogens is 264 g/mol. The summed E-state index contributed by atoms with van der Waals surface area (Å²) in [6.45, 7) is 14.2. The number of aromatic nitrogens is 2. The van der Waals surface area contributed by atoms with Gasteiger partial charge < -0.3 is 4.74 Å². The Morgan fingerprint density at radius 1 is 1.19 bits per heavy atom. The highest BCUT2D eigenvalue weighted by Gasteiger charge is 2.14. The van der Waals surface area contributed by atoms with Crippen LogP contribution in [0.1, 0.15) is 57.5 Å². The molecule has 1 aromatic rings. The Hall–Kier alpha value is -1.32. The molecule has 4 nitrogen and oxygen atoms in total. The van der Waals surface area contributed by atoms with Gasteiger partial charge >= 0.3 is 5.97 Å².